The van der Waals surface area contributed by atoms with Gasteiger partial charge >= 0.3 is 0 Å². The molecule has 0 bridgehead atoms. The van der Waals surface area contributed by atoms with E-state index in [1.165, 1.54) is 0 Å². The maximum absolute atomic E-state index is 5.99. The van der Waals surface area contributed by atoms with E-state index in [1.807, 2.05) is 60.7 Å². The summed E-state index contributed by atoms with van der Waals surface area (Å²) in [7, 11) is 0. The van der Waals surface area contributed by atoms with Crippen LogP contribution < -0.4 is 11.5 Å². The normalized spacial score (nSPS) is 13.2. The molecule has 90 valence electrons. The predicted molar refractivity (Wildman–Crippen MR) is 74.5 cm³/mol. The first kappa shape index (κ1) is 12.4. The van der Waals surface area contributed by atoms with Crippen LogP contribution in [0.2, 0.25) is 0 Å². The van der Waals surface area contributed by atoms with Crippen molar-refractivity contribution in [3.8, 4) is 11.8 Å². The zero-order chi connectivity index (χ0) is 12.8. The SMILES string of the molecule is NC(C#CC(N)c1ccccc1)c1ccccc1. The lowest BCUT2D eigenvalue weighted by molar-refractivity contribution is 0.914. The predicted octanol–water partition coefficient (Wildman–Crippen LogP) is 2.39. The number of hydrogen-bond acceptors (Lipinski definition) is 2. The fourth-order valence-corrected chi connectivity index (χ4v) is 1.67. The molecule has 0 amide bonds. The molecule has 0 fully saturated rings. The van der Waals surface area contributed by atoms with Crippen LogP contribution in [0.5, 0.6) is 0 Å². The summed E-state index contributed by atoms with van der Waals surface area (Å²) in [6.07, 6.45) is 0. The van der Waals surface area contributed by atoms with Crippen molar-refractivity contribution in [3.63, 3.8) is 0 Å². The van der Waals surface area contributed by atoms with Gasteiger partial charge in [0.2, 0.25) is 0 Å². The number of hydrogen-bond donors (Lipinski definition) is 2. The van der Waals surface area contributed by atoms with Crippen LogP contribution in [-0.4, -0.2) is 0 Å². The Morgan fingerprint density at radius 2 is 0.944 bits per heavy atom. The van der Waals surface area contributed by atoms with E-state index >= 15 is 0 Å². The van der Waals surface area contributed by atoms with E-state index in [9.17, 15) is 0 Å². The third-order valence-electron chi connectivity index (χ3n) is 2.71. The van der Waals surface area contributed by atoms with E-state index in [4.69, 9.17) is 11.5 Å². The highest BCUT2D eigenvalue weighted by Crippen LogP contribution is 2.11. The van der Waals surface area contributed by atoms with Crippen molar-refractivity contribution in [1.82, 2.24) is 0 Å². The molecule has 0 radical (unpaired) electrons. The molecule has 0 aliphatic carbocycles. The highest BCUT2D eigenvalue weighted by Gasteiger charge is 2.02. The quantitative estimate of drug-likeness (QED) is 0.787. The Bertz CT molecular complexity index is 488. The molecule has 2 heteroatoms. The highest BCUT2D eigenvalue weighted by molar-refractivity contribution is 5.31. The second kappa shape index (κ2) is 6.02. The van der Waals surface area contributed by atoms with Crippen molar-refractivity contribution < 1.29 is 0 Å². The minimum atomic E-state index is -0.291. The van der Waals surface area contributed by atoms with Gasteiger partial charge in [0.1, 0.15) is 0 Å². The van der Waals surface area contributed by atoms with E-state index in [0.717, 1.165) is 11.1 Å². The molecule has 0 saturated carbocycles. The summed E-state index contributed by atoms with van der Waals surface area (Å²) in [6, 6.07) is 19.0. The van der Waals surface area contributed by atoms with Gasteiger partial charge < -0.3 is 11.5 Å². The first-order valence-corrected chi connectivity index (χ1v) is 5.89. The lowest BCUT2D eigenvalue weighted by Crippen LogP contribution is -2.11. The van der Waals surface area contributed by atoms with E-state index in [1.54, 1.807) is 0 Å². The molecule has 2 atom stereocenters. The zero-order valence-electron chi connectivity index (χ0n) is 10.1. The molecule has 2 aromatic carbocycles. The van der Waals surface area contributed by atoms with Gasteiger partial charge in [0.05, 0.1) is 12.1 Å². The Kier molecular flexibility index (Phi) is 4.14. The van der Waals surface area contributed by atoms with Crippen molar-refractivity contribution in [2.24, 2.45) is 11.5 Å². The van der Waals surface area contributed by atoms with Crippen LogP contribution in [0.1, 0.15) is 23.2 Å². The van der Waals surface area contributed by atoms with Gasteiger partial charge in [-0.25, -0.2) is 0 Å². The number of nitrogens with two attached hydrogens (primary N) is 2. The van der Waals surface area contributed by atoms with E-state index in [2.05, 4.69) is 11.8 Å². The molecular formula is C16H16N2. The molecule has 0 aliphatic rings. The highest BCUT2D eigenvalue weighted by atomic mass is 14.6. The summed E-state index contributed by atoms with van der Waals surface area (Å²) in [5, 5.41) is 0. The molecule has 2 unspecified atom stereocenters. The van der Waals surface area contributed by atoms with Gasteiger partial charge in [0.25, 0.3) is 0 Å². The third kappa shape index (κ3) is 3.21. The lowest BCUT2D eigenvalue weighted by atomic mass is 10.1. The average molecular weight is 236 g/mol. The fraction of sp³-hybridized carbons (Fsp3) is 0.125. The summed E-state index contributed by atoms with van der Waals surface area (Å²) < 4.78 is 0. The van der Waals surface area contributed by atoms with Gasteiger partial charge in [-0.3, -0.25) is 0 Å². The molecular weight excluding hydrogens is 220 g/mol. The smallest absolute Gasteiger partial charge is 0.0921 e. The van der Waals surface area contributed by atoms with Gasteiger partial charge in [-0.2, -0.15) is 0 Å². The maximum Gasteiger partial charge on any atom is 0.0921 e. The van der Waals surface area contributed by atoms with Crippen LogP contribution in [0, 0.1) is 11.8 Å². The summed E-state index contributed by atoms with van der Waals surface area (Å²) in [5.41, 5.74) is 14.0. The molecule has 0 aliphatic heterocycles. The first-order valence-electron chi connectivity index (χ1n) is 5.89. The van der Waals surface area contributed by atoms with Crippen molar-refractivity contribution in [3.05, 3.63) is 71.8 Å². The monoisotopic (exact) mass is 236 g/mol. The van der Waals surface area contributed by atoms with Crippen LogP contribution in [0.4, 0.5) is 0 Å². The second-order valence-corrected chi connectivity index (χ2v) is 4.07. The van der Waals surface area contributed by atoms with Crippen molar-refractivity contribution >= 4 is 0 Å². The summed E-state index contributed by atoms with van der Waals surface area (Å²) in [6.45, 7) is 0. The van der Waals surface area contributed by atoms with Gasteiger partial charge in [-0.05, 0) is 11.1 Å². The lowest BCUT2D eigenvalue weighted by Gasteiger charge is -2.06. The molecule has 0 heterocycles. The minimum absolute atomic E-state index is 0.291. The van der Waals surface area contributed by atoms with Crippen LogP contribution >= 0.6 is 0 Å². The first-order chi connectivity index (χ1) is 8.77. The van der Waals surface area contributed by atoms with Gasteiger partial charge in [0.15, 0.2) is 0 Å². The van der Waals surface area contributed by atoms with Crippen molar-refractivity contribution in [2.75, 3.05) is 0 Å². The standard InChI is InChI=1S/C16H16N2/c17-15(13-7-3-1-4-8-13)11-12-16(18)14-9-5-2-6-10-14/h1-10,15-16H,17-18H2. The minimum Gasteiger partial charge on any atom is -0.314 e. The molecule has 2 nitrogen and oxygen atoms in total. The molecule has 18 heavy (non-hydrogen) atoms. The van der Waals surface area contributed by atoms with E-state index in [0.29, 0.717) is 0 Å². The maximum atomic E-state index is 5.99. The zero-order valence-corrected chi connectivity index (χ0v) is 10.1. The molecule has 0 spiro atoms. The fourth-order valence-electron chi connectivity index (χ4n) is 1.67. The Morgan fingerprint density at radius 3 is 1.28 bits per heavy atom. The van der Waals surface area contributed by atoms with Crippen LogP contribution in [-0.2, 0) is 0 Å². The van der Waals surface area contributed by atoms with E-state index in [-0.39, 0.29) is 12.1 Å². The topological polar surface area (TPSA) is 52.0 Å². The number of benzene rings is 2. The van der Waals surface area contributed by atoms with Gasteiger partial charge in [-0.15, -0.1) is 0 Å². The second-order valence-electron chi connectivity index (χ2n) is 4.07. The Labute approximate surface area is 108 Å². The molecule has 2 aromatic rings. The van der Waals surface area contributed by atoms with E-state index < -0.39 is 0 Å². The Morgan fingerprint density at radius 1 is 0.611 bits per heavy atom. The largest absolute Gasteiger partial charge is 0.314 e. The average Bonchev–Trinajstić information content (AvgIpc) is 2.46. The Hall–Kier alpha value is -2.08. The molecule has 0 aromatic heterocycles. The van der Waals surface area contributed by atoms with Crippen LogP contribution in [0.3, 0.4) is 0 Å². The third-order valence-corrected chi connectivity index (χ3v) is 2.71. The molecule has 4 N–H and O–H groups in total. The van der Waals surface area contributed by atoms with Crippen molar-refractivity contribution in [2.45, 2.75) is 12.1 Å². The summed E-state index contributed by atoms with van der Waals surface area (Å²) in [5.74, 6) is 6.00. The number of rotatable bonds is 2. The van der Waals surface area contributed by atoms with Crippen LogP contribution in [0.15, 0.2) is 60.7 Å². The molecule has 0 saturated heterocycles. The molecule has 2 rings (SSSR count). The summed E-state index contributed by atoms with van der Waals surface area (Å²) >= 11 is 0. The van der Waals surface area contributed by atoms with Crippen molar-refractivity contribution in [1.29, 1.82) is 0 Å². The summed E-state index contributed by atoms with van der Waals surface area (Å²) in [4.78, 5) is 0. The van der Waals surface area contributed by atoms with Gasteiger partial charge in [0, 0.05) is 0 Å². The van der Waals surface area contributed by atoms with Gasteiger partial charge in [-0.1, -0.05) is 72.5 Å². The van der Waals surface area contributed by atoms with Crippen LogP contribution in [0.25, 0.3) is 0 Å². The Balaban J connectivity index is 2.09.